The van der Waals surface area contributed by atoms with E-state index in [1.807, 2.05) is 59.5 Å². The van der Waals surface area contributed by atoms with Crippen molar-refractivity contribution in [2.45, 2.75) is 22.4 Å². The zero-order valence-corrected chi connectivity index (χ0v) is 29.8. The number of aliphatic hydroxyl groups excluding tert-OH is 1. The summed E-state index contributed by atoms with van der Waals surface area (Å²) in [5.74, 6) is 0.649. The van der Waals surface area contributed by atoms with E-state index in [1.165, 1.54) is 23.9 Å². The van der Waals surface area contributed by atoms with Gasteiger partial charge in [-0.15, -0.1) is 42.3 Å². The van der Waals surface area contributed by atoms with Crippen LogP contribution in [0.5, 0.6) is 0 Å². The molecule has 1 saturated heterocycles. The highest BCUT2D eigenvalue weighted by Crippen LogP contribution is 2.49. The summed E-state index contributed by atoms with van der Waals surface area (Å²) in [5, 5.41) is 17.1. The van der Waals surface area contributed by atoms with Gasteiger partial charge in [-0.1, -0.05) is 42.1 Å². The van der Waals surface area contributed by atoms with E-state index in [9.17, 15) is 13.2 Å². The van der Waals surface area contributed by atoms with Crippen molar-refractivity contribution in [1.82, 2.24) is 14.8 Å². The van der Waals surface area contributed by atoms with Crippen molar-refractivity contribution in [2.24, 2.45) is 10.2 Å². The van der Waals surface area contributed by atoms with Crippen LogP contribution in [0.1, 0.15) is 12.0 Å². The SMILES string of the molecule is Cl.Cl.Cl.Nc1ccc(N=Nc2ccccc2)c(N)n1.OCCN1CCN(CCCN2c3ccccc3Sc3ccc(C(F)(F)F)cc32)CC1. The first-order valence-corrected chi connectivity index (χ1v) is 15.8. The molecule has 0 radical (unpaired) electrons. The molecule has 5 N–H and O–H groups in total. The van der Waals surface area contributed by atoms with Crippen LogP contribution >= 0.6 is 49.0 Å². The molecule has 9 nitrogen and oxygen atoms in total. The van der Waals surface area contributed by atoms with Gasteiger partial charge in [0.25, 0.3) is 0 Å². The normalized spacial score (nSPS) is 14.3. The van der Waals surface area contributed by atoms with Crippen LogP contribution in [0.25, 0.3) is 0 Å². The minimum absolute atomic E-state index is 0. The number of piperazine rings is 1. The molecule has 49 heavy (non-hydrogen) atoms. The number of benzene rings is 3. The van der Waals surface area contributed by atoms with Gasteiger partial charge in [0.15, 0.2) is 5.82 Å². The Labute approximate surface area is 307 Å². The molecule has 6 rings (SSSR count). The molecular weight excluding hydrogens is 720 g/mol. The maximum absolute atomic E-state index is 13.3. The minimum Gasteiger partial charge on any atom is -0.395 e. The first-order chi connectivity index (χ1) is 22.2. The lowest BCUT2D eigenvalue weighted by molar-refractivity contribution is -0.137. The summed E-state index contributed by atoms with van der Waals surface area (Å²) < 4.78 is 39.9. The van der Waals surface area contributed by atoms with Gasteiger partial charge in [-0.2, -0.15) is 18.3 Å². The number of nitrogens with zero attached hydrogens (tertiary/aromatic N) is 6. The quantitative estimate of drug-likeness (QED) is 0.154. The number of hydrogen-bond acceptors (Lipinski definition) is 10. The number of pyridine rings is 1. The summed E-state index contributed by atoms with van der Waals surface area (Å²) in [5.41, 5.74) is 13.4. The molecule has 4 aromatic rings. The summed E-state index contributed by atoms with van der Waals surface area (Å²) in [6, 6.07) is 24.7. The molecule has 3 heterocycles. The lowest BCUT2D eigenvalue weighted by Crippen LogP contribution is -2.47. The average molecular weight is 760 g/mol. The molecule has 1 aromatic heterocycles. The number of β-amino-alcohol motifs (C(OH)–C–C–N with tert-alkyl or cyclic N) is 1. The van der Waals surface area contributed by atoms with E-state index in [-0.39, 0.29) is 49.6 Å². The zero-order chi connectivity index (χ0) is 32.5. The zero-order valence-electron chi connectivity index (χ0n) is 26.5. The maximum Gasteiger partial charge on any atom is 0.416 e. The number of alkyl halides is 3. The van der Waals surface area contributed by atoms with E-state index in [0.29, 0.717) is 30.3 Å². The van der Waals surface area contributed by atoms with Gasteiger partial charge in [0.2, 0.25) is 0 Å². The number of fused-ring (bicyclic) bond motifs is 2. The van der Waals surface area contributed by atoms with Gasteiger partial charge in [-0.3, -0.25) is 4.90 Å². The molecule has 0 bridgehead atoms. The van der Waals surface area contributed by atoms with Crippen molar-refractivity contribution in [3.8, 4) is 0 Å². The second-order valence-electron chi connectivity index (χ2n) is 10.8. The van der Waals surface area contributed by atoms with Gasteiger partial charge in [-0.05, 0) is 67.6 Å². The van der Waals surface area contributed by atoms with E-state index < -0.39 is 11.7 Å². The molecule has 2 aliphatic heterocycles. The van der Waals surface area contributed by atoms with Crippen LogP contribution in [0, 0.1) is 0 Å². The number of nitrogens with two attached hydrogens (primary N) is 2. The van der Waals surface area contributed by atoms with Gasteiger partial charge in [0.05, 0.1) is 29.2 Å². The highest BCUT2D eigenvalue weighted by Gasteiger charge is 2.33. The Kier molecular flexibility index (Phi) is 16.9. The van der Waals surface area contributed by atoms with Crippen molar-refractivity contribution >= 4 is 83.4 Å². The van der Waals surface area contributed by atoms with Crippen LogP contribution in [0.2, 0.25) is 0 Å². The third-order valence-corrected chi connectivity index (χ3v) is 8.77. The van der Waals surface area contributed by atoms with E-state index in [1.54, 1.807) is 18.2 Å². The minimum atomic E-state index is -4.35. The molecule has 0 amide bonds. The highest BCUT2D eigenvalue weighted by atomic mass is 35.5. The smallest absolute Gasteiger partial charge is 0.395 e. The van der Waals surface area contributed by atoms with Crippen molar-refractivity contribution in [1.29, 1.82) is 0 Å². The summed E-state index contributed by atoms with van der Waals surface area (Å²) in [6.07, 6.45) is -3.48. The van der Waals surface area contributed by atoms with Crippen LogP contribution in [-0.4, -0.2) is 72.3 Å². The number of anilines is 4. The third kappa shape index (κ3) is 11.6. The lowest BCUT2D eigenvalue weighted by Gasteiger charge is -2.36. The van der Waals surface area contributed by atoms with Crippen molar-refractivity contribution in [3.63, 3.8) is 0 Å². The number of rotatable bonds is 8. The van der Waals surface area contributed by atoms with Crippen LogP contribution < -0.4 is 16.4 Å². The molecule has 1 fully saturated rings. The Morgan fingerprint density at radius 1 is 0.735 bits per heavy atom. The van der Waals surface area contributed by atoms with Crippen LogP contribution in [0.3, 0.4) is 0 Å². The van der Waals surface area contributed by atoms with Gasteiger partial charge >= 0.3 is 6.18 Å². The summed E-state index contributed by atoms with van der Waals surface area (Å²) in [4.78, 5) is 12.5. The fourth-order valence-corrected chi connectivity index (χ4v) is 6.33. The predicted octanol–water partition coefficient (Wildman–Crippen LogP) is 8.23. The maximum atomic E-state index is 13.3. The molecule has 0 saturated carbocycles. The number of nitrogen functional groups attached to an aromatic ring is 2. The Morgan fingerprint density at radius 3 is 2.02 bits per heavy atom. The number of aromatic nitrogens is 1. The largest absolute Gasteiger partial charge is 0.416 e. The Balaban J connectivity index is 0.000000375. The Hall–Kier alpha value is -3.30. The molecular formula is C33H40Cl3F3N8OS. The van der Waals surface area contributed by atoms with E-state index in [0.717, 1.165) is 60.3 Å². The van der Waals surface area contributed by atoms with Crippen molar-refractivity contribution in [3.05, 3.63) is 90.5 Å². The Morgan fingerprint density at radius 2 is 1.37 bits per heavy atom. The van der Waals surface area contributed by atoms with Crippen LogP contribution in [0.15, 0.2) is 105 Å². The molecule has 0 spiro atoms. The monoisotopic (exact) mass is 758 g/mol. The molecule has 16 heteroatoms. The third-order valence-electron chi connectivity index (χ3n) is 7.64. The van der Waals surface area contributed by atoms with E-state index >= 15 is 0 Å². The van der Waals surface area contributed by atoms with Gasteiger partial charge in [-0.25, -0.2) is 4.98 Å². The standard InChI is InChI=1S/C22H26F3N3OS.C11H11N5.3ClH/c23-22(24,25)17-6-7-21-19(16-17)28(18-4-1-2-5-20(18)30-21)9-3-8-26-10-12-27(13-11-26)14-15-29;12-10-7-6-9(11(13)14-10)16-15-8-4-2-1-3-5-8;;;/h1-2,4-7,16,29H,3,8-15H2;1-7H,(H4,12,13,14);3*1H. The number of hydrogen-bond donors (Lipinski definition) is 3. The first-order valence-electron chi connectivity index (χ1n) is 15.0. The second kappa shape index (κ2) is 19.8. The fourth-order valence-electron chi connectivity index (χ4n) is 5.25. The van der Waals surface area contributed by atoms with E-state index in [4.69, 9.17) is 16.6 Å². The summed E-state index contributed by atoms with van der Waals surface area (Å²) in [6.45, 7) is 6.29. The molecule has 3 aromatic carbocycles. The number of halogens is 6. The molecule has 0 aliphatic carbocycles. The number of azo groups is 1. The van der Waals surface area contributed by atoms with Gasteiger partial charge < -0.3 is 26.4 Å². The molecule has 266 valence electrons. The molecule has 0 atom stereocenters. The van der Waals surface area contributed by atoms with E-state index in [2.05, 4.69) is 25.0 Å². The summed E-state index contributed by atoms with van der Waals surface area (Å²) in [7, 11) is 0. The summed E-state index contributed by atoms with van der Waals surface area (Å²) >= 11 is 1.53. The van der Waals surface area contributed by atoms with Crippen LogP contribution in [-0.2, 0) is 6.18 Å². The molecule has 0 unspecified atom stereocenters. The average Bonchev–Trinajstić information content (AvgIpc) is 3.05. The van der Waals surface area contributed by atoms with Gasteiger partial charge in [0.1, 0.15) is 11.5 Å². The Bertz CT molecular complexity index is 1630. The first kappa shape index (κ1) is 41.9. The number of aliphatic hydroxyl groups is 1. The van der Waals surface area contributed by atoms with Gasteiger partial charge in [0, 0.05) is 49.1 Å². The van der Waals surface area contributed by atoms with Crippen molar-refractivity contribution in [2.75, 3.05) is 68.8 Å². The fraction of sp³-hybridized carbons (Fsp3) is 0.303. The number of para-hydroxylation sites is 1. The second-order valence-corrected chi connectivity index (χ2v) is 11.9. The van der Waals surface area contributed by atoms with Crippen molar-refractivity contribution < 1.29 is 18.3 Å². The highest BCUT2D eigenvalue weighted by molar-refractivity contribution is 7.99. The van der Waals surface area contributed by atoms with Crippen LogP contribution in [0.4, 0.5) is 47.6 Å². The topological polar surface area (TPSA) is 120 Å². The molecule has 2 aliphatic rings. The lowest BCUT2D eigenvalue weighted by atomic mass is 10.1. The predicted molar refractivity (Wildman–Crippen MR) is 199 cm³/mol.